The number of hydrogen-bond acceptors (Lipinski definition) is 2. The normalized spacial score (nSPS) is 22.4. The summed E-state index contributed by atoms with van der Waals surface area (Å²) in [5, 5.41) is 0. The van der Waals surface area contributed by atoms with E-state index in [1.165, 1.54) is 6.42 Å². The van der Waals surface area contributed by atoms with Gasteiger partial charge in [-0.2, -0.15) is 0 Å². The average Bonchev–Trinajstić information content (AvgIpc) is 2.27. The van der Waals surface area contributed by atoms with Crippen LogP contribution in [0.3, 0.4) is 0 Å². The van der Waals surface area contributed by atoms with Crippen molar-refractivity contribution >= 4 is 5.78 Å². The highest BCUT2D eigenvalue weighted by Crippen LogP contribution is 2.18. The zero-order valence-electron chi connectivity index (χ0n) is 7.64. The lowest BCUT2D eigenvalue weighted by Crippen LogP contribution is -2.00. The number of ketones is 1. The van der Waals surface area contributed by atoms with E-state index < -0.39 is 0 Å². The molecule has 0 N–H and O–H groups in total. The minimum Gasteiger partial charge on any atom is -0.501 e. The second-order valence-electron chi connectivity index (χ2n) is 3.08. The molecule has 1 rings (SSSR count). The third-order valence-corrected chi connectivity index (χ3v) is 2.10. The van der Waals surface area contributed by atoms with Crippen molar-refractivity contribution in [2.75, 3.05) is 6.61 Å². The number of Topliss-reactive ketones (excluding diaryl/α,β-unsaturated/α-hetero) is 1. The van der Waals surface area contributed by atoms with Crippen molar-refractivity contribution in [1.29, 1.82) is 0 Å². The summed E-state index contributed by atoms with van der Waals surface area (Å²) in [6, 6.07) is 0. The Hall–Kier alpha value is -0.790. The van der Waals surface area contributed by atoms with E-state index in [4.69, 9.17) is 4.74 Å². The van der Waals surface area contributed by atoms with Gasteiger partial charge in [-0.1, -0.05) is 6.42 Å². The first-order valence-electron chi connectivity index (χ1n) is 4.68. The number of allylic oxidation sites excluding steroid dienone is 1. The lowest BCUT2D eigenvalue weighted by Gasteiger charge is -2.01. The summed E-state index contributed by atoms with van der Waals surface area (Å²) in [6.07, 6.45) is 6.60. The first-order valence-corrected chi connectivity index (χ1v) is 4.68. The summed E-state index contributed by atoms with van der Waals surface area (Å²) < 4.78 is 5.12. The molecular formula is C10H16O2. The Morgan fingerprint density at radius 2 is 2.08 bits per heavy atom. The van der Waals surface area contributed by atoms with Gasteiger partial charge in [0.25, 0.3) is 0 Å². The quantitative estimate of drug-likeness (QED) is 0.359. The van der Waals surface area contributed by atoms with Crippen LogP contribution in [-0.4, -0.2) is 12.4 Å². The van der Waals surface area contributed by atoms with Crippen molar-refractivity contribution in [2.24, 2.45) is 0 Å². The van der Waals surface area contributed by atoms with E-state index in [1.54, 1.807) is 6.26 Å². The van der Waals surface area contributed by atoms with Gasteiger partial charge < -0.3 is 4.74 Å². The Balaban J connectivity index is 2.52. The molecule has 1 fully saturated rings. The molecule has 2 nitrogen and oxygen atoms in total. The number of ether oxygens (including phenoxy) is 1. The number of rotatable bonds is 2. The van der Waals surface area contributed by atoms with Gasteiger partial charge in [0.05, 0.1) is 12.9 Å². The average molecular weight is 168 g/mol. The second-order valence-corrected chi connectivity index (χ2v) is 3.08. The summed E-state index contributed by atoms with van der Waals surface area (Å²) in [6.45, 7) is 2.58. The van der Waals surface area contributed by atoms with Gasteiger partial charge in [0, 0.05) is 12.0 Å². The number of carbonyl (C=O) groups excluding carboxylic acids is 1. The number of carbonyl (C=O) groups is 1. The Labute approximate surface area is 73.6 Å². The molecule has 0 amide bonds. The van der Waals surface area contributed by atoms with E-state index >= 15 is 0 Å². The van der Waals surface area contributed by atoms with Crippen LogP contribution in [0, 0.1) is 0 Å². The van der Waals surface area contributed by atoms with Gasteiger partial charge in [0.1, 0.15) is 0 Å². The lowest BCUT2D eigenvalue weighted by molar-refractivity contribution is -0.115. The van der Waals surface area contributed by atoms with Crippen LogP contribution in [-0.2, 0) is 9.53 Å². The molecule has 0 radical (unpaired) electrons. The molecule has 1 aliphatic rings. The highest BCUT2D eigenvalue weighted by Gasteiger charge is 2.13. The van der Waals surface area contributed by atoms with Crippen LogP contribution in [0.25, 0.3) is 0 Å². The lowest BCUT2D eigenvalue weighted by atomic mass is 10.1. The van der Waals surface area contributed by atoms with E-state index in [0.29, 0.717) is 13.0 Å². The topological polar surface area (TPSA) is 26.3 Å². The van der Waals surface area contributed by atoms with Crippen molar-refractivity contribution in [2.45, 2.75) is 39.0 Å². The zero-order chi connectivity index (χ0) is 8.81. The van der Waals surface area contributed by atoms with Crippen LogP contribution in [0.1, 0.15) is 39.0 Å². The van der Waals surface area contributed by atoms with Crippen molar-refractivity contribution in [3.8, 4) is 0 Å². The van der Waals surface area contributed by atoms with Crippen LogP contribution in [0.4, 0.5) is 0 Å². The van der Waals surface area contributed by atoms with Crippen molar-refractivity contribution < 1.29 is 9.53 Å². The number of hydrogen-bond donors (Lipinski definition) is 0. The van der Waals surface area contributed by atoms with Gasteiger partial charge in [-0.25, -0.2) is 0 Å². The molecule has 0 aromatic heterocycles. The summed E-state index contributed by atoms with van der Waals surface area (Å²) in [5.74, 6) is 0.279. The van der Waals surface area contributed by atoms with Crippen LogP contribution in [0.2, 0.25) is 0 Å². The smallest absolute Gasteiger partial charge is 0.161 e. The Morgan fingerprint density at radius 1 is 1.33 bits per heavy atom. The van der Waals surface area contributed by atoms with E-state index in [1.807, 2.05) is 6.92 Å². The van der Waals surface area contributed by atoms with Crippen molar-refractivity contribution in [3.05, 3.63) is 11.8 Å². The van der Waals surface area contributed by atoms with Crippen LogP contribution in [0.5, 0.6) is 0 Å². The minimum atomic E-state index is 0.279. The molecule has 0 unspecified atom stereocenters. The molecule has 0 bridgehead atoms. The zero-order valence-corrected chi connectivity index (χ0v) is 7.64. The fourth-order valence-electron chi connectivity index (χ4n) is 1.39. The summed E-state index contributed by atoms with van der Waals surface area (Å²) in [5.41, 5.74) is 0.884. The van der Waals surface area contributed by atoms with Crippen molar-refractivity contribution in [3.63, 3.8) is 0 Å². The molecule has 68 valence electrons. The molecule has 12 heavy (non-hydrogen) atoms. The molecule has 0 spiro atoms. The highest BCUT2D eigenvalue weighted by atomic mass is 16.5. The van der Waals surface area contributed by atoms with Gasteiger partial charge >= 0.3 is 0 Å². The summed E-state index contributed by atoms with van der Waals surface area (Å²) in [4.78, 5) is 11.4. The Morgan fingerprint density at radius 3 is 2.83 bits per heavy atom. The fraction of sp³-hybridized carbons (Fsp3) is 0.700. The Bertz CT molecular complexity index is 182. The standard InChI is InChI=1S/C10H16O2/c1-2-12-8-9-6-4-3-5-7-10(9)11/h8H,2-7H2,1H3. The van der Waals surface area contributed by atoms with Gasteiger partial charge in [-0.3, -0.25) is 4.79 Å². The second kappa shape index (κ2) is 4.96. The van der Waals surface area contributed by atoms with E-state index in [2.05, 4.69) is 0 Å². The van der Waals surface area contributed by atoms with Crippen LogP contribution in [0.15, 0.2) is 11.8 Å². The molecule has 0 atom stereocenters. The maximum Gasteiger partial charge on any atom is 0.161 e. The van der Waals surface area contributed by atoms with Gasteiger partial charge in [0.15, 0.2) is 5.78 Å². The Kier molecular flexibility index (Phi) is 3.85. The third-order valence-electron chi connectivity index (χ3n) is 2.10. The molecule has 0 aromatic carbocycles. The van der Waals surface area contributed by atoms with E-state index in [-0.39, 0.29) is 5.78 Å². The maximum absolute atomic E-state index is 11.4. The molecule has 1 saturated carbocycles. The largest absolute Gasteiger partial charge is 0.501 e. The van der Waals surface area contributed by atoms with Gasteiger partial charge in [-0.15, -0.1) is 0 Å². The maximum atomic E-state index is 11.4. The summed E-state index contributed by atoms with van der Waals surface area (Å²) in [7, 11) is 0. The molecule has 2 heteroatoms. The van der Waals surface area contributed by atoms with Gasteiger partial charge in [0.2, 0.25) is 0 Å². The predicted octanol–water partition coefficient (Wildman–Crippen LogP) is 2.44. The highest BCUT2D eigenvalue weighted by molar-refractivity contribution is 5.95. The monoisotopic (exact) mass is 168 g/mol. The van der Waals surface area contributed by atoms with Gasteiger partial charge in [-0.05, 0) is 26.2 Å². The third kappa shape index (κ3) is 2.68. The van der Waals surface area contributed by atoms with Crippen molar-refractivity contribution in [1.82, 2.24) is 0 Å². The van der Waals surface area contributed by atoms with Crippen LogP contribution < -0.4 is 0 Å². The first kappa shape index (κ1) is 9.30. The molecule has 1 aliphatic carbocycles. The molecule has 0 saturated heterocycles. The molecule has 0 heterocycles. The van der Waals surface area contributed by atoms with E-state index in [9.17, 15) is 4.79 Å². The predicted molar refractivity (Wildman–Crippen MR) is 47.8 cm³/mol. The fourth-order valence-corrected chi connectivity index (χ4v) is 1.39. The molecular weight excluding hydrogens is 152 g/mol. The first-order chi connectivity index (χ1) is 5.84. The molecule has 0 aromatic rings. The van der Waals surface area contributed by atoms with E-state index in [0.717, 1.165) is 24.8 Å². The molecule has 0 aliphatic heterocycles. The minimum absolute atomic E-state index is 0.279. The van der Waals surface area contributed by atoms with Crippen LogP contribution >= 0.6 is 0 Å². The summed E-state index contributed by atoms with van der Waals surface area (Å²) >= 11 is 0. The SMILES string of the molecule is CCOC=C1CCCCCC1=O.